The fourth-order valence-electron chi connectivity index (χ4n) is 4.45. The second kappa shape index (κ2) is 8.40. The quantitative estimate of drug-likeness (QED) is 0.261. The minimum atomic E-state index is -1.04. The van der Waals surface area contributed by atoms with Crippen LogP contribution in [0.15, 0.2) is 91.0 Å². The molecule has 0 N–H and O–H groups in total. The molecule has 0 aliphatic heterocycles. The summed E-state index contributed by atoms with van der Waals surface area (Å²) in [7, 11) is 5.05. The van der Waals surface area contributed by atoms with Gasteiger partial charge in [0.05, 0.1) is 7.11 Å². The molecule has 0 aliphatic rings. The first-order valence-corrected chi connectivity index (χ1v) is 11.3. The Balaban J connectivity index is 1.84. The summed E-state index contributed by atoms with van der Waals surface area (Å²) in [6.45, 7) is 0. The third kappa shape index (κ3) is 3.19. The van der Waals surface area contributed by atoms with Crippen molar-refractivity contribution in [2.24, 2.45) is 0 Å². The molecule has 1 aromatic heterocycles. The lowest BCUT2D eigenvalue weighted by Gasteiger charge is -2.32. The van der Waals surface area contributed by atoms with E-state index < -0.39 is 5.79 Å². The Morgan fingerprint density at radius 3 is 2.06 bits per heavy atom. The Morgan fingerprint density at radius 1 is 0.688 bits per heavy atom. The summed E-state index contributed by atoms with van der Waals surface area (Å²) in [6.07, 6.45) is 0. The normalized spacial score (nSPS) is 11.8. The van der Waals surface area contributed by atoms with Gasteiger partial charge in [-0.2, -0.15) is 0 Å². The first-order chi connectivity index (χ1) is 15.7. The summed E-state index contributed by atoms with van der Waals surface area (Å²) < 4.78 is 20.0. The molecule has 4 aromatic carbocycles. The maximum absolute atomic E-state index is 6.13. The monoisotopic (exact) mass is 440 g/mol. The highest BCUT2D eigenvalue weighted by Crippen LogP contribution is 2.47. The van der Waals surface area contributed by atoms with E-state index in [-0.39, 0.29) is 0 Å². The van der Waals surface area contributed by atoms with Gasteiger partial charge >= 0.3 is 0 Å². The lowest BCUT2D eigenvalue weighted by molar-refractivity contribution is -0.182. The van der Waals surface area contributed by atoms with Crippen LogP contribution in [-0.4, -0.2) is 21.3 Å². The van der Waals surface area contributed by atoms with E-state index in [1.165, 1.54) is 26.6 Å². The van der Waals surface area contributed by atoms with Gasteiger partial charge in [0, 0.05) is 45.5 Å². The lowest BCUT2D eigenvalue weighted by Crippen LogP contribution is -2.32. The van der Waals surface area contributed by atoms with Gasteiger partial charge < -0.3 is 14.2 Å². The molecule has 0 aliphatic carbocycles. The molecule has 0 unspecified atom stereocenters. The number of hydrogen-bond acceptors (Lipinski definition) is 4. The molecule has 5 rings (SSSR count). The Kier molecular flexibility index (Phi) is 5.43. The van der Waals surface area contributed by atoms with E-state index in [0.29, 0.717) is 0 Å². The predicted octanol–water partition coefficient (Wildman–Crippen LogP) is 7.22. The number of benzene rings is 4. The van der Waals surface area contributed by atoms with Crippen LogP contribution in [0.4, 0.5) is 0 Å². The summed E-state index contributed by atoms with van der Waals surface area (Å²) in [5, 5.41) is 2.46. The van der Waals surface area contributed by atoms with E-state index in [9.17, 15) is 0 Å². The molecule has 160 valence electrons. The number of methoxy groups -OCH3 is 3. The van der Waals surface area contributed by atoms with E-state index in [0.717, 1.165) is 21.6 Å². The number of thiophene rings is 1. The van der Waals surface area contributed by atoms with Gasteiger partial charge in [-0.3, -0.25) is 0 Å². The third-order valence-corrected chi connectivity index (χ3v) is 7.21. The average Bonchev–Trinajstić information content (AvgIpc) is 3.26. The topological polar surface area (TPSA) is 27.7 Å². The van der Waals surface area contributed by atoms with Crippen LogP contribution in [-0.2, 0) is 15.3 Å². The molecule has 32 heavy (non-hydrogen) atoms. The SMILES string of the molecule is COc1ccc(C(OC)(OC)c2ccc(-c3ccccc3)c3c2sc2ccccc23)cc1. The van der Waals surface area contributed by atoms with E-state index in [1.807, 2.05) is 30.3 Å². The lowest BCUT2D eigenvalue weighted by atomic mass is 9.91. The summed E-state index contributed by atoms with van der Waals surface area (Å²) in [4.78, 5) is 0. The van der Waals surface area contributed by atoms with Crippen LogP contribution >= 0.6 is 11.3 Å². The van der Waals surface area contributed by atoms with Crippen molar-refractivity contribution in [2.45, 2.75) is 5.79 Å². The van der Waals surface area contributed by atoms with Crippen LogP contribution in [0.5, 0.6) is 5.75 Å². The maximum Gasteiger partial charge on any atom is 0.223 e. The van der Waals surface area contributed by atoms with Crippen molar-refractivity contribution in [1.82, 2.24) is 0 Å². The molecule has 0 radical (unpaired) electrons. The fourth-order valence-corrected chi connectivity index (χ4v) is 5.73. The van der Waals surface area contributed by atoms with E-state index in [4.69, 9.17) is 14.2 Å². The molecule has 4 heteroatoms. The highest BCUT2D eigenvalue weighted by atomic mass is 32.1. The van der Waals surface area contributed by atoms with Crippen molar-refractivity contribution in [2.75, 3.05) is 21.3 Å². The zero-order chi connectivity index (χ0) is 22.1. The van der Waals surface area contributed by atoms with Gasteiger partial charge in [0.2, 0.25) is 5.79 Å². The summed E-state index contributed by atoms with van der Waals surface area (Å²) in [6, 6.07) is 31.2. The second-order valence-corrected chi connectivity index (χ2v) is 8.63. The highest BCUT2D eigenvalue weighted by Gasteiger charge is 2.37. The molecule has 0 bridgehead atoms. The molecule has 0 saturated carbocycles. The molecule has 0 amide bonds. The smallest absolute Gasteiger partial charge is 0.223 e. The zero-order valence-electron chi connectivity index (χ0n) is 18.3. The molecular formula is C28H24O3S. The largest absolute Gasteiger partial charge is 0.497 e. The Labute approximate surface area is 191 Å². The van der Waals surface area contributed by atoms with Crippen molar-refractivity contribution in [3.05, 3.63) is 102 Å². The Hall–Kier alpha value is -3.18. The van der Waals surface area contributed by atoms with E-state index in [1.54, 1.807) is 32.7 Å². The molecule has 5 aromatic rings. The zero-order valence-corrected chi connectivity index (χ0v) is 19.1. The minimum absolute atomic E-state index is 0.793. The van der Waals surface area contributed by atoms with Gasteiger partial charge in [-0.25, -0.2) is 0 Å². The van der Waals surface area contributed by atoms with Crippen molar-refractivity contribution in [3.8, 4) is 16.9 Å². The summed E-state index contributed by atoms with van der Waals surface area (Å²) >= 11 is 1.77. The van der Waals surface area contributed by atoms with Crippen LogP contribution in [0, 0.1) is 0 Å². The van der Waals surface area contributed by atoms with Gasteiger partial charge in [0.1, 0.15) is 5.75 Å². The molecule has 3 nitrogen and oxygen atoms in total. The fraction of sp³-hybridized carbons (Fsp3) is 0.143. The van der Waals surface area contributed by atoms with Crippen LogP contribution in [0.25, 0.3) is 31.3 Å². The standard InChI is InChI=1S/C28H24O3S/c1-29-21-15-13-20(14-16-21)28(30-2,31-3)24-18-17-22(19-9-5-4-6-10-19)26-23-11-7-8-12-25(23)32-27(24)26/h4-18H,1-3H3. The number of hydrogen-bond donors (Lipinski definition) is 0. The molecule has 0 atom stereocenters. The first-order valence-electron chi connectivity index (χ1n) is 10.5. The minimum Gasteiger partial charge on any atom is -0.497 e. The van der Waals surface area contributed by atoms with Crippen LogP contribution in [0.3, 0.4) is 0 Å². The van der Waals surface area contributed by atoms with Crippen molar-refractivity contribution in [1.29, 1.82) is 0 Å². The van der Waals surface area contributed by atoms with Crippen molar-refractivity contribution in [3.63, 3.8) is 0 Å². The van der Waals surface area contributed by atoms with Gasteiger partial charge in [0.15, 0.2) is 0 Å². The number of ether oxygens (including phenoxy) is 3. The number of fused-ring (bicyclic) bond motifs is 3. The summed E-state index contributed by atoms with van der Waals surface area (Å²) in [5.41, 5.74) is 4.30. The van der Waals surface area contributed by atoms with E-state index >= 15 is 0 Å². The van der Waals surface area contributed by atoms with E-state index in [2.05, 4.69) is 60.7 Å². The summed E-state index contributed by atoms with van der Waals surface area (Å²) in [5.74, 6) is -0.248. The average molecular weight is 441 g/mol. The Morgan fingerprint density at radius 2 is 1.38 bits per heavy atom. The van der Waals surface area contributed by atoms with Crippen molar-refractivity contribution >= 4 is 31.5 Å². The molecule has 0 saturated heterocycles. The predicted molar refractivity (Wildman–Crippen MR) is 133 cm³/mol. The molecule has 0 fully saturated rings. The van der Waals surface area contributed by atoms with Gasteiger partial charge in [-0.05, 0) is 41.5 Å². The van der Waals surface area contributed by atoms with Crippen LogP contribution in [0.2, 0.25) is 0 Å². The first kappa shape index (κ1) is 20.7. The molecule has 1 heterocycles. The molecule has 0 spiro atoms. The van der Waals surface area contributed by atoms with Crippen LogP contribution in [0.1, 0.15) is 11.1 Å². The Bertz CT molecular complexity index is 1370. The van der Waals surface area contributed by atoms with Crippen LogP contribution < -0.4 is 4.74 Å². The third-order valence-electron chi connectivity index (χ3n) is 6.01. The van der Waals surface area contributed by atoms with Gasteiger partial charge in [0.25, 0.3) is 0 Å². The maximum atomic E-state index is 6.13. The van der Waals surface area contributed by atoms with Gasteiger partial charge in [-0.15, -0.1) is 11.3 Å². The highest BCUT2D eigenvalue weighted by molar-refractivity contribution is 7.26. The second-order valence-electron chi connectivity index (χ2n) is 7.58. The van der Waals surface area contributed by atoms with Crippen molar-refractivity contribution < 1.29 is 14.2 Å². The molecular weight excluding hydrogens is 416 g/mol. The number of rotatable bonds is 6. The van der Waals surface area contributed by atoms with Gasteiger partial charge in [-0.1, -0.05) is 60.7 Å².